The number of hydrogen-bond donors (Lipinski definition) is 0. The van der Waals surface area contributed by atoms with Crippen molar-refractivity contribution in [1.82, 2.24) is 9.80 Å². The Morgan fingerprint density at radius 2 is 1.85 bits per heavy atom. The smallest absolute Gasteiger partial charge is 0.401 e. The van der Waals surface area contributed by atoms with Crippen LogP contribution in [0, 0.1) is 13.8 Å². The summed E-state index contributed by atoms with van der Waals surface area (Å²) in [6.45, 7) is 3.63. The quantitative estimate of drug-likeness (QED) is 0.838. The average Bonchev–Trinajstić information content (AvgIpc) is 2.66. The number of furan rings is 1. The van der Waals surface area contributed by atoms with Gasteiger partial charge in [0.1, 0.15) is 11.5 Å². The second-order valence-corrected chi connectivity index (χ2v) is 5.01. The highest BCUT2D eigenvalue weighted by atomic mass is 19.4. The number of carbonyl (C=O) groups is 1. The lowest BCUT2D eigenvalue weighted by Crippen LogP contribution is -2.50. The molecule has 1 amide bonds. The maximum Gasteiger partial charge on any atom is 0.401 e. The molecule has 0 radical (unpaired) electrons. The summed E-state index contributed by atoms with van der Waals surface area (Å²) < 4.78 is 42.2. The van der Waals surface area contributed by atoms with Crippen molar-refractivity contribution in [2.75, 3.05) is 32.7 Å². The lowest BCUT2D eigenvalue weighted by atomic mass is 10.2. The fraction of sp³-hybridized carbons (Fsp3) is 0.615. The van der Waals surface area contributed by atoms with Crippen molar-refractivity contribution >= 4 is 5.91 Å². The Kier molecular flexibility index (Phi) is 4.08. The van der Waals surface area contributed by atoms with Gasteiger partial charge in [-0.05, 0) is 19.9 Å². The van der Waals surface area contributed by atoms with Gasteiger partial charge in [-0.15, -0.1) is 0 Å². The summed E-state index contributed by atoms with van der Waals surface area (Å²) >= 11 is 0. The summed E-state index contributed by atoms with van der Waals surface area (Å²) in [5.41, 5.74) is 0.492. The van der Waals surface area contributed by atoms with E-state index >= 15 is 0 Å². The van der Waals surface area contributed by atoms with Gasteiger partial charge in [0.05, 0.1) is 12.1 Å². The molecular weight excluding hydrogens is 273 g/mol. The van der Waals surface area contributed by atoms with Crippen LogP contribution in [0.25, 0.3) is 0 Å². The van der Waals surface area contributed by atoms with Gasteiger partial charge in [-0.1, -0.05) is 0 Å². The van der Waals surface area contributed by atoms with Gasteiger partial charge in [0.25, 0.3) is 5.91 Å². The topological polar surface area (TPSA) is 36.7 Å². The lowest BCUT2D eigenvalue weighted by molar-refractivity contribution is -0.148. The van der Waals surface area contributed by atoms with Crippen LogP contribution in [0.5, 0.6) is 0 Å². The molecule has 1 aliphatic heterocycles. The van der Waals surface area contributed by atoms with Crippen molar-refractivity contribution in [3.63, 3.8) is 0 Å². The summed E-state index contributed by atoms with van der Waals surface area (Å²) in [4.78, 5) is 15.1. The molecule has 1 aromatic rings. The number of piperazine rings is 1. The minimum absolute atomic E-state index is 0.175. The number of halogens is 3. The van der Waals surface area contributed by atoms with E-state index in [-0.39, 0.29) is 19.0 Å². The minimum Gasteiger partial charge on any atom is -0.466 e. The van der Waals surface area contributed by atoms with E-state index in [0.717, 1.165) is 0 Å². The number of nitrogens with zero attached hydrogens (tertiary/aromatic N) is 2. The van der Waals surface area contributed by atoms with Crippen LogP contribution < -0.4 is 0 Å². The van der Waals surface area contributed by atoms with Crippen LogP contribution in [0.4, 0.5) is 13.2 Å². The normalized spacial score (nSPS) is 17.6. The molecule has 0 saturated carbocycles. The first-order valence-corrected chi connectivity index (χ1v) is 6.41. The third-order valence-electron chi connectivity index (χ3n) is 3.33. The Balaban J connectivity index is 1.94. The third-order valence-corrected chi connectivity index (χ3v) is 3.33. The summed E-state index contributed by atoms with van der Waals surface area (Å²) in [7, 11) is 0. The van der Waals surface area contributed by atoms with Gasteiger partial charge in [-0.25, -0.2) is 0 Å². The van der Waals surface area contributed by atoms with E-state index in [1.807, 2.05) is 0 Å². The summed E-state index contributed by atoms with van der Waals surface area (Å²) in [5, 5.41) is 0. The van der Waals surface area contributed by atoms with Gasteiger partial charge >= 0.3 is 6.18 Å². The highest BCUT2D eigenvalue weighted by Crippen LogP contribution is 2.20. The summed E-state index contributed by atoms with van der Waals surface area (Å²) in [6, 6.07) is 1.67. The van der Waals surface area contributed by atoms with Crippen molar-refractivity contribution < 1.29 is 22.4 Å². The Hall–Kier alpha value is -1.50. The van der Waals surface area contributed by atoms with E-state index in [1.54, 1.807) is 24.8 Å². The van der Waals surface area contributed by atoms with Crippen molar-refractivity contribution in [2.24, 2.45) is 0 Å². The molecule has 7 heteroatoms. The van der Waals surface area contributed by atoms with Crippen molar-refractivity contribution in [3.8, 4) is 0 Å². The molecule has 20 heavy (non-hydrogen) atoms. The number of hydrogen-bond acceptors (Lipinski definition) is 3. The largest absolute Gasteiger partial charge is 0.466 e. The molecule has 1 fully saturated rings. The molecule has 2 rings (SSSR count). The Morgan fingerprint density at radius 3 is 2.30 bits per heavy atom. The van der Waals surface area contributed by atoms with Gasteiger partial charge in [0, 0.05) is 26.2 Å². The first-order valence-electron chi connectivity index (χ1n) is 6.41. The van der Waals surface area contributed by atoms with Gasteiger partial charge in [-0.3, -0.25) is 9.69 Å². The molecule has 0 atom stereocenters. The molecule has 0 unspecified atom stereocenters. The van der Waals surface area contributed by atoms with Crippen LogP contribution in [0.15, 0.2) is 10.5 Å². The molecule has 112 valence electrons. The van der Waals surface area contributed by atoms with E-state index in [1.165, 1.54) is 4.90 Å². The molecule has 0 aliphatic carbocycles. The number of rotatable bonds is 2. The SMILES string of the molecule is Cc1cc(C(=O)N2CCN(CC(F)(F)F)CC2)c(C)o1. The molecule has 2 heterocycles. The molecular formula is C13H17F3N2O2. The minimum atomic E-state index is -4.19. The van der Waals surface area contributed by atoms with Gasteiger partial charge in [0.2, 0.25) is 0 Å². The Morgan fingerprint density at radius 1 is 1.25 bits per heavy atom. The summed E-state index contributed by atoms with van der Waals surface area (Å²) in [5.74, 6) is 1.03. The second kappa shape index (κ2) is 5.47. The fourth-order valence-electron chi connectivity index (χ4n) is 2.38. The molecule has 0 spiro atoms. The average molecular weight is 290 g/mol. The van der Waals surface area contributed by atoms with Crippen LogP contribution in [-0.4, -0.2) is 54.6 Å². The number of aryl methyl sites for hydroxylation is 2. The first kappa shape index (κ1) is 14.9. The van der Waals surface area contributed by atoms with E-state index in [4.69, 9.17) is 4.42 Å². The fourth-order valence-corrected chi connectivity index (χ4v) is 2.38. The predicted octanol–water partition coefficient (Wildman–Crippen LogP) is 2.22. The number of amides is 1. The molecule has 0 N–H and O–H groups in total. The highest BCUT2D eigenvalue weighted by Gasteiger charge is 2.33. The predicted molar refractivity (Wildman–Crippen MR) is 66.6 cm³/mol. The monoisotopic (exact) mass is 290 g/mol. The van der Waals surface area contributed by atoms with Crippen molar-refractivity contribution in [3.05, 3.63) is 23.2 Å². The number of carbonyl (C=O) groups excluding carboxylic acids is 1. The van der Waals surface area contributed by atoms with Gasteiger partial charge < -0.3 is 9.32 Å². The maximum absolute atomic E-state index is 12.3. The second-order valence-electron chi connectivity index (χ2n) is 5.01. The number of alkyl halides is 3. The van der Waals surface area contributed by atoms with E-state index in [9.17, 15) is 18.0 Å². The van der Waals surface area contributed by atoms with Crippen LogP contribution in [0.2, 0.25) is 0 Å². The van der Waals surface area contributed by atoms with Gasteiger partial charge in [0.15, 0.2) is 0 Å². The van der Waals surface area contributed by atoms with Crippen LogP contribution in [0.3, 0.4) is 0 Å². The summed E-state index contributed by atoms with van der Waals surface area (Å²) in [6.07, 6.45) is -4.19. The van der Waals surface area contributed by atoms with Crippen LogP contribution in [-0.2, 0) is 0 Å². The van der Waals surface area contributed by atoms with Gasteiger partial charge in [-0.2, -0.15) is 13.2 Å². The van der Waals surface area contributed by atoms with E-state index in [2.05, 4.69) is 0 Å². The van der Waals surface area contributed by atoms with E-state index < -0.39 is 12.7 Å². The molecule has 1 aromatic heterocycles. The van der Waals surface area contributed by atoms with E-state index in [0.29, 0.717) is 30.2 Å². The third kappa shape index (κ3) is 3.53. The molecule has 0 aromatic carbocycles. The standard InChI is InChI=1S/C13H17F3N2O2/c1-9-7-11(10(2)20-9)12(19)18-5-3-17(4-6-18)8-13(14,15)16/h7H,3-6,8H2,1-2H3. The molecule has 1 aliphatic rings. The van der Waals surface area contributed by atoms with Crippen molar-refractivity contribution in [2.45, 2.75) is 20.0 Å². The van der Waals surface area contributed by atoms with Crippen LogP contribution in [0.1, 0.15) is 21.9 Å². The molecule has 0 bridgehead atoms. The first-order chi connectivity index (χ1) is 9.26. The zero-order valence-electron chi connectivity index (χ0n) is 11.5. The van der Waals surface area contributed by atoms with Crippen molar-refractivity contribution in [1.29, 1.82) is 0 Å². The Labute approximate surface area is 115 Å². The molecule has 1 saturated heterocycles. The van der Waals surface area contributed by atoms with Crippen LogP contribution >= 0.6 is 0 Å². The zero-order valence-corrected chi connectivity index (χ0v) is 11.5. The zero-order chi connectivity index (χ0) is 14.9. The molecule has 4 nitrogen and oxygen atoms in total. The Bertz CT molecular complexity index is 488. The highest BCUT2D eigenvalue weighted by molar-refractivity contribution is 5.95. The lowest BCUT2D eigenvalue weighted by Gasteiger charge is -2.34. The maximum atomic E-state index is 12.3.